The predicted octanol–water partition coefficient (Wildman–Crippen LogP) is 5.42. The van der Waals surface area contributed by atoms with Gasteiger partial charge in [0.1, 0.15) is 4.88 Å². The minimum absolute atomic E-state index is 0.0568. The van der Waals surface area contributed by atoms with E-state index in [-0.39, 0.29) is 23.8 Å². The molecule has 3 rings (SSSR count). The number of likely N-dealkylation sites (tertiary alicyclic amines) is 1. The van der Waals surface area contributed by atoms with Gasteiger partial charge in [0.05, 0.1) is 19.3 Å². The van der Waals surface area contributed by atoms with Gasteiger partial charge in [0.25, 0.3) is 0 Å². The Morgan fingerprint density at radius 3 is 2.74 bits per heavy atom. The highest BCUT2D eigenvalue weighted by Gasteiger charge is 2.28. The molecule has 1 saturated heterocycles. The van der Waals surface area contributed by atoms with Crippen molar-refractivity contribution in [1.29, 1.82) is 0 Å². The Bertz CT molecular complexity index is 939. The molecular weight excluding hydrogens is 446 g/mol. The molecule has 0 radical (unpaired) electrons. The number of hydrogen-bond donors (Lipinski definition) is 1. The molecule has 1 fully saturated rings. The first-order valence-electron chi connectivity index (χ1n) is 12.3. The Balaban J connectivity index is 1.40. The number of rotatable bonds is 13. The number of esters is 1. The van der Waals surface area contributed by atoms with Crippen molar-refractivity contribution in [3.8, 4) is 0 Å². The average Bonchev–Trinajstić information content (AvgIpc) is 3.47. The Hall–Kier alpha value is -2.44. The highest BCUT2D eigenvalue weighted by molar-refractivity contribution is 7.13. The van der Waals surface area contributed by atoms with E-state index in [1.54, 1.807) is 6.07 Å². The minimum Gasteiger partial charge on any atom is -0.465 e. The number of aliphatic hydroxyl groups excluding tert-OH is 1. The first-order valence-corrected chi connectivity index (χ1v) is 13.2. The normalized spacial score (nSPS) is 17.9. The van der Waals surface area contributed by atoms with E-state index in [0.717, 1.165) is 49.8 Å². The molecule has 1 aliphatic heterocycles. The molecule has 1 amide bonds. The zero-order chi connectivity index (χ0) is 24.3. The van der Waals surface area contributed by atoms with Crippen LogP contribution in [0.4, 0.5) is 0 Å². The van der Waals surface area contributed by atoms with Crippen LogP contribution in [0, 0.1) is 5.92 Å². The maximum atomic E-state index is 12.4. The van der Waals surface area contributed by atoms with Gasteiger partial charge in [-0.15, -0.1) is 11.3 Å². The van der Waals surface area contributed by atoms with Crippen molar-refractivity contribution < 1.29 is 19.4 Å². The van der Waals surface area contributed by atoms with E-state index >= 15 is 0 Å². The van der Waals surface area contributed by atoms with Crippen molar-refractivity contribution in [2.45, 2.75) is 70.4 Å². The fourth-order valence-electron chi connectivity index (χ4n) is 4.44. The van der Waals surface area contributed by atoms with Crippen LogP contribution in [0.15, 0.2) is 54.6 Å². The summed E-state index contributed by atoms with van der Waals surface area (Å²) in [5.41, 5.74) is 1.37. The van der Waals surface area contributed by atoms with Crippen LogP contribution in [-0.2, 0) is 22.4 Å². The summed E-state index contributed by atoms with van der Waals surface area (Å²) in [4.78, 5) is 27.7. The summed E-state index contributed by atoms with van der Waals surface area (Å²) in [5, 5.41) is 10.6. The molecular formula is C28H37NO4S. The van der Waals surface area contributed by atoms with Crippen molar-refractivity contribution in [3.63, 3.8) is 0 Å². The van der Waals surface area contributed by atoms with E-state index in [1.165, 1.54) is 24.0 Å². The van der Waals surface area contributed by atoms with Gasteiger partial charge in [0, 0.05) is 17.8 Å². The maximum absolute atomic E-state index is 12.4. The summed E-state index contributed by atoms with van der Waals surface area (Å²) in [5.74, 6) is 0.0695. The lowest BCUT2D eigenvalue weighted by molar-refractivity contribution is -0.128. The van der Waals surface area contributed by atoms with E-state index in [1.807, 2.05) is 29.2 Å². The van der Waals surface area contributed by atoms with Crippen LogP contribution < -0.4 is 0 Å². The largest absolute Gasteiger partial charge is 0.465 e. The zero-order valence-electron chi connectivity index (χ0n) is 20.3. The van der Waals surface area contributed by atoms with Crippen LogP contribution in [-0.4, -0.2) is 47.7 Å². The van der Waals surface area contributed by atoms with Gasteiger partial charge >= 0.3 is 5.97 Å². The SMILES string of the molecule is COC(=O)c1ccc(CCCN2C(=O)CC[C@@H]2C=C[C@@H](O)[C@H](C)CCCCc2ccccc2)s1. The summed E-state index contributed by atoms with van der Waals surface area (Å²) < 4.78 is 4.76. The Morgan fingerprint density at radius 1 is 1.18 bits per heavy atom. The lowest BCUT2D eigenvalue weighted by atomic mass is 9.95. The van der Waals surface area contributed by atoms with Crippen LogP contribution in [0.1, 0.15) is 65.6 Å². The molecule has 2 aromatic rings. The highest BCUT2D eigenvalue weighted by atomic mass is 32.1. The standard InChI is InChI=1S/C28H37NO4S/c1-21(9-6-7-12-22-10-4-3-5-11-22)25(30)17-14-23-15-19-27(31)29(23)20-8-13-24-16-18-26(34-24)28(32)33-2/h3-5,10-11,14,16-18,21,23,25,30H,6-9,12-13,15,19-20H2,1-2H3/t21-,23+,25-/m1/s1. The molecule has 1 N–H and O–H groups in total. The number of carbonyl (C=O) groups excluding carboxylic acids is 2. The Kier molecular flexibility index (Phi) is 10.4. The summed E-state index contributed by atoms with van der Waals surface area (Å²) in [7, 11) is 1.39. The number of hydrogen-bond acceptors (Lipinski definition) is 5. The molecule has 0 spiro atoms. The number of ether oxygens (including phenoxy) is 1. The van der Waals surface area contributed by atoms with E-state index in [2.05, 4.69) is 31.2 Å². The fourth-order valence-corrected chi connectivity index (χ4v) is 5.40. The summed E-state index contributed by atoms with van der Waals surface area (Å²) in [6.45, 7) is 2.78. The molecule has 1 aromatic carbocycles. The maximum Gasteiger partial charge on any atom is 0.348 e. The summed E-state index contributed by atoms with van der Waals surface area (Å²) >= 11 is 1.45. The average molecular weight is 484 g/mol. The van der Waals surface area contributed by atoms with Gasteiger partial charge in [0.2, 0.25) is 5.91 Å². The zero-order valence-corrected chi connectivity index (χ0v) is 21.1. The van der Waals surface area contributed by atoms with Gasteiger partial charge in [-0.25, -0.2) is 4.79 Å². The third kappa shape index (κ3) is 7.81. The molecule has 0 bridgehead atoms. The van der Waals surface area contributed by atoms with Crippen molar-refractivity contribution in [3.05, 3.63) is 69.9 Å². The predicted molar refractivity (Wildman–Crippen MR) is 137 cm³/mol. The third-order valence-corrected chi connectivity index (χ3v) is 7.70. The van der Waals surface area contributed by atoms with Gasteiger partial charge in [0.15, 0.2) is 0 Å². The van der Waals surface area contributed by atoms with E-state index < -0.39 is 6.10 Å². The monoisotopic (exact) mass is 483 g/mol. The number of thiophene rings is 1. The van der Waals surface area contributed by atoms with Crippen molar-refractivity contribution in [2.24, 2.45) is 5.92 Å². The number of methoxy groups -OCH3 is 1. The van der Waals surface area contributed by atoms with Gasteiger partial charge in [-0.1, -0.05) is 55.8 Å². The Labute approximate surface area is 207 Å². The summed E-state index contributed by atoms with van der Waals surface area (Å²) in [6.07, 6.45) is 10.7. The molecule has 184 valence electrons. The molecule has 5 nitrogen and oxygen atoms in total. The molecule has 0 unspecified atom stereocenters. The summed E-state index contributed by atoms with van der Waals surface area (Å²) in [6, 6.07) is 14.3. The second kappa shape index (κ2) is 13.4. The van der Waals surface area contributed by atoms with Gasteiger partial charge in [-0.3, -0.25) is 4.79 Å². The number of benzene rings is 1. The van der Waals surface area contributed by atoms with Crippen molar-refractivity contribution in [2.75, 3.05) is 13.7 Å². The van der Waals surface area contributed by atoms with Crippen LogP contribution in [0.25, 0.3) is 0 Å². The van der Waals surface area contributed by atoms with Crippen LogP contribution >= 0.6 is 11.3 Å². The third-order valence-electron chi connectivity index (χ3n) is 6.58. The number of nitrogens with zero attached hydrogens (tertiary/aromatic N) is 1. The van der Waals surface area contributed by atoms with Crippen molar-refractivity contribution in [1.82, 2.24) is 4.90 Å². The highest BCUT2D eigenvalue weighted by Crippen LogP contribution is 2.24. The molecule has 34 heavy (non-hydrogen) atoms. The first kappa shape index (κ1) is 26.2. The number of unbranched alkanes of at least 4 members (excludes halogenated alkanes) is 1. The number of carbonyl (C=O) groups is 2. The van der Waals surface area contributed by atoms with Crippen molar-refractivity contribution >= 4 is 23.2 Å². The van der Waals surface area contributed by atoms with Gasteiger partial charge in [-0.05, 0) is 62.1 Å². The molecule has 0 aliphatic carbocycles. The smallest absolute Gasteiger partial charge is 0.348 e. The fraction of sp³-hybridized carbons (Fsp3) is 0.500. The van der Waals surface area contributed by atoms with E-state index in [9.17, 15) is 14.7 Å². The number of amides is 1. The lowest BCUT2D eigenvalue weighted by Gasteiger charge is -2.23. The molecule has 1 aliphatic rings. The minimum atomic E-state index is -0.489. The number of aryl methyl sites for hydroxylation is 2. The molecule has 1 aromatic heterocycles. The number of aliphatic hydroxyl groups is 1. The molecule has 0 saturated carbocycles. The van der Waals surface area contributed by atoms with Crippen LogP contribution in [0.2, 0.25) is 0 Å². The first-order chi connectivity index (χ1) is 16.5. The van der Waals surface area contributed by atoms with E-state index in [0.29, 0.717) is 17.8 Å². The molecule has 2 heterocycles. The quantitative estimate of drug-likeness (QED) is 0.235. The molecule has 3 atom stereocenters. The lowest BCUT2D eigenvalue weighted by Crippen LogP contribution is -2.33. The van der Waals surface area contributed by atoms with Gasteiger partial charge in [-0.2, -0.15) is 0 Å². The Morgan fingerprint density at radius 2 is 1.97 bits per heavy atom. The second-order valence-corrected chi connectivity index (χ2v) is 10.3. The topological polar surface area (TPSA) is 66.8 Å². The van der Waals surface area contributed by atoms with Gasteiger partial charge < -0.3 is 14.7 Å². The molecule has 6 heteroatoms. The van der Waals surface area contributed by atoms with Crippen LogP contribution in [0.3, 0.4) is 0 Å². The van der Waals surface area contributed by atoms with Crippen LogP contribution in [0.5, 0.6) is 0 Å². The second-order valence-electron chi connectivity index (χ2n) is 9.14. The van der Waals surface area contributed by atoms with E-state index in [4.69, 9.17) is 4.74 Å².